The first-order valence-electron chi connectivity index (χ1n) is 8.43. The first-order chi connectivity index (χ1) is 9.82. The van der Waals surface area contributed by atoms with Gasteiger partial charge < -0.3 is 9.80 Å². The first-order valence-corrected chi connectivity index (χ1v) is 9.22. The van der Waals surface area contributed by atoms with Crippen molar-refractivity contribution in [3.05, 3.63) is 0 Å². The highest BCUT2D eigenvalue weighted by molar-refractivity contribution is 9.10. The number of nitrogens with zero attached hydrogens (tertiary/aromatic N) is 2. The quantitative estimate of drug-likeness (QED) is 0.654. The monoisotopic (exact) mass is 360 g/mol. The van der Waals surface area contributed by atoms with Crippen LogP contribution in [0, 0.1) is 5.92 Å². The van der Waals surface area contributed by atoms with Crippen LogP contribution in [0.3, 0.4) is 0 Å². The van der Waals surface area contributed by atoms with Crippen molar-refractivity contribution in [3.8, 4) is 0 Å². The van der Waals surface area contributed by atoms with Gasteiger partial charge in [-0.05, 0) is 44.9 Å². The van der Waals surface area contributed by atoms with Gasteiger partial charge in [0, 0.05) is 32.0 Å². The fourth-order valence-corrected chi connectivity index (χ4v) is 3.73. The molecule has 124 valence electrons. The molecule has 1 rings (SSSR count). The SMILES string of the molecule is CN(C)C(=O)N(C)CCCC1CCCCCC(C)(Br)CC1. The number of alkyl halides is 1. The van der Waals surface area contributed by atoms with E-state index in [2.05, 4.69) is 22.9 Å². The second kappa shape index (κ2) is 9.02. The zero-order chi connectivity index (χ0) is 15.9. The van der Waals surface area contributed by atoms with Crippen LogP contribution in [0.1, 0.15) is 64.7 Å². The van der Waals surface area contributed by atoms with Crippen molar-refractivity contribution < 1.29 is 4.79 Å². The molecule has 1 fully saturated rings. The molecule has 0 aliphatic heterocycles. The van der Waals surface area contributed by atoms with Gasteiger partial charge in [0.15, 0.2) is 0 Å². The molecule has 21 heavy (non-hydrogen) atoms. The molecule has 0 radical (unpaired) electrons. The van der Waals surface area contributed by atoms with Gasteiger partial charge in [0.1, 0.15) is 0 Å². The van der Waals surface area contributed by atoms with Crippen LogP contribution in [0.5, 0.6) is 0 Å². The molecule has 2 atom stereocenters. The highest BCUT2D eigenvalue weighted by atomic mass is 79.9. The normalized spacial score (nSPS) is 27.4. The number of carbonyl (C=O) groups is 1. The standard InChI is InChI=1S/C17H33BrN2O/c1-17(18)12-7-5-6-9-15(11-13-17)10-8-14-20(4)16(21)19(2)3/h15H,5-14H2,1-4H3. The van der Waals surface area contributed by atoms with Gasteiger partial charge in [0.2, 0.25) is 0 Å². The molecule has 0 aromatic heterocycles. The number of amides is 2. The van der Waals surface area contributed by atoms with E-state index in [9.17, 15) is 4.79 Å². The lowest BCUT2D eigenvalue weighted by Crippen LogP contribution is -2.37. The van der Waals surface area contributed by atoms with E-state index in [1.54, 1.807) is 4.90 Å². The third-order valence-electron chi connectivity index (χ3n) is 4.70. The van der Waals surface area contributed by atoms with Gasteiger partial charge >= 0.3 is 6.03 Å². The summed E-state index contributed by atoms with van der Waals surface area (Å²) in [4.78, 5) is 15.3. The Morgan fingerprint density at radius 1 is 1.14 bits per heavy atom. The van der Waals surface area contributed by atoms with Crippen molar-refractivity contribution in [2.75, 3.05) is 27.7 Å². The van der Waals surface area contributed by atoms with Crippen LogP contribution in [0.25, 0.3) is 0 Å². The lowest BCUT2D eigenvalue weighted by molar-refractivity contribution is 0.180. The number of carbonyl (C=O) groups excluding carboxylic acids is 1. The van der Waals surface area contributed by atoms with E-state index >= 15 is 0 Å². The fraction of sp³-hybridized carbons (Fsp3) is 0.941. The molecule has 0 N–H and O–H groups in total. The van der Waals surface area contributed by atoms with E-state index in [1.165, 1.54) is 51.4 Å². The maximum absolute atomic E-state index is 11.8. The number of hydrogen-bond acceptors (Lipinski definition) is 1. The number of hydrogen-bond donors (Lipinski definition) is 0. The lowest BCUT2D eigenvalue weighted by atomic mass is 9.90. The lowest BCUT2D eigenvalue weighted by Gasteiger charge is -2.25. The molecule has 0 aromatic carbocycles. The Morgan fingerprint density at radius 2 is 1.86 bits per heavy atom. The summed E-state index contributed by atoms with van der Waals surface area (Å²) < 4.78 is 0.341. The zero-order valence-corrected chi connectivity index (χ0v) is 15.9. The molecule has 0 spiro atoms. The Balaban J connectivity index is 2.33. The first kappa shape index (κ1) is 18.8. The van der Waals surface area contributed by atoms with E-state index in [1.807, 2.05) is 26.0 Å². The van der Waals surface area contributed by atoms with E-state index in [0.717, 1.165) is 18.9 Å². The van der Waals surface area contributed by atoms with Gasteiger partial charge in [-0.2, -0.15) is 0 Å². The third-order valence-corrected chi connectivity index (χ3v) is 5.49. The topological polar surface area (TPSA) is 23.6 Å². The van der Waals surface area contributed by atoms with Gasteiger partial charge in [-0.15, -0.1) is 0 Å². The molecule has 3 nitrogen and oxygen atoms in total. The van der Waals surface area contributed by atoms with Gasteiger partial charge in [0.05, 0.1) is 0 Å². The number of urea groups is 1. The van der Waals surface area contributed by atoms with Crippen LogP contribution in [0.15, 0.2) is 0 Å². The molecular weight excluding hydrogens is 328 g/mol. The summed E-state index contributed by atoms with van der Waals surface area (Å²) in [5.74, 6) is 0.836. The largest absolute Gasteiger partial charge is 0.331 e. The highest BCUT2D eigenvalue weighted by Gasteiger charge is 2.23. The summed E-state index contributed by atoms with van der Waals surface area (Å²) >= 11 is 3.91. The fourth-order valence-electron chi connectivity index (χ4n) is 3.22. The molecule has 2 unspecified atom stereocenters. The van der Waals surface area contributed by atoms with Crippen LogP contribution in [0.2, 0.25) is 0 Å². The predicted molar refractivity (Wildman–Crippen MR) is 94.1 cm³/mol. The van der Waals surface area contributed by atoms with Crippen LogP contribution >= 0.6 is 15.9 Å². The summed E-state index contributed by atoms with van der Waals surface area (Å²) in [7, 11) is 5.53. The molecule has 0 saturated heterocycles. The van der Waals surface area contributed by atoms with Gasteiger partial charge in [-0.25, -0.2) is 4.79 Å². The van der Waals surface area contributed by atoms with Gasteiger partial charge in [-0.1, -0.05) is 41.6 Å². The molecule has 1 saturated carbocycles. The third kappa shape index (κ3) is 7.53. The van der Waals surface area contributed by atoms with E-state index in [4.69, 9.17) is 0 Å². The Labute approximate surface area is 139 Å². The summed E-state index contributed by atoms with van der Waals surface area (Å²) in [5.41, 5.74) is 0. The molecule has 2 amide bonds. The Hall–Kier alpha value is -0.250. The summed E-state index contributed by atoms with van der Waals surface area (Å²) in [6.45, 7) is 3.22. The number of rotatable bonds is 4. The van der Waals surface area contributed by atoms with Crippen LogP contribution < -0.4 is 0 Å². The van der Waals surface area contributed by atoms with Crippen LogP contribution in [-0.2, 0) is 0 Å². The summed E-state index contributed by atoms with van der Waals surface area (Å²) in [6.07, 6.45) is 11.8. The van der Waals surface area contributed by atoms with Crippen LogP contribution in [-0.4, -0.2) is 47.8 Å². The number of halogens is 1. The van der Waals surface area contributed by atoms with E-state index in [0.29, 0.717) is 4.32 Å². The highest BCUT2D eigenvalue weighted by Crippen LogP contribution is 2.35. The van der Waals surface area contributed by atoms with Crippen molar-refractivity contribution in [1.29, 1.82) is 0 Å². The van der Waals surface area contributed by atoms with E-state index < -0.39 is 0 Å². The smallest absolute Gasteiger partial charge is 0.319 e. The van der Waals surface area contributed by atoms with Gasteiger partial charge in [0.25, 0.3) is 0 Å². The molecule has 4 heteroatoms. The van der Waals surface area contributed by atoms with Crippen molar-refractivity contribution in [1.82, 2.24) is 9.80 Å². The zero-order valence-electron chi connectivity index (χ0n) is 14.3. The average molecular weight is 361 g/mol. The molecular formula is C17H33BrN2O. The molecule has 0 heterocycles. The minimum absolute atomic E-state index is 0.109. The van der Waals surface area contributed by atoms with Crippen molar-refractivity contribution in [2.45, 2.75) is 69.0 Å². The Morgan fingerprint density at radius 3 is 2.52 bits per heavy atom. The minimum Gasteiger partial charge on any atom is -0.331 e. The summed E-state index contributed by atoms with van der Waals surface area (Å²) in [6, 6.07) is 0.109. The predicted octanol–water partition coefficient (Wildman–Crippen LogP) is 4.89. The van der Waals surface area contributed by atoms with E-state index in [-0.39, 0.29) is 6.03 Å². The summed E-state index contributed by atoms with van der Waals surface area (Å²) in [5, 5.41) is 0. The van der Waals surface area contributed by atoms with Crippen molar-refractivity contribution in [2.24, 2.45) is 5.92 Å². The Bertz CT molecular complexity index is 318. The van der Waals surface area contributed by atoms with Gasteiger partial charge in [-0.3, -0.25) is 0 Å². The molecule has 1 aliphatic carbocycles. The van der Waals surface area contributed by atoms with Crippen molar-refractivity contribution >= 4 is 22.0 Å². The molecule has 0 aromatic rings. The van der Waals surface area contributed by atoms with Crippen LogP contribution in [0.4, 0.5) is 4.79 Å². The van der Waals surface area contributed by atoms with Crippen molar-refractivity contribution in [3.63, 3.8) is 0 Å². The Kier molecular flexibility index (Phi) is 8.07. The molecule has 0 bridgehead atoms. The minimum atomic E-state index is 0.109. The average Bonchev–Trinajstić information content (AvgIpc) is 2.49. The second-order valence-electron chi connectivity index (χ2n) is 7.16. The maximum Gasteiger partial charge on any atom is 0.319 e. The maximum atomic E-state index is 11.8. The second-order valence-corrected chi connectivity index (χ2v) is 9.07. The molecule has 1 aliphatic rings.